The largest absolute Gasteiger partial charge is 0.468 e. The zero-order valence-corrected chi connectivity index (χ0v) is 17.5. The van der Waals surface area contributed by atoms with Crippen molar-refractivity contribution in [2.45, 2.75) is 25.1 Å². The fourth-order valence-electron chi connectivity index (χ4n) is 2.78. The van der Waals surface area contributed by atoms with Gasteiger partial charge in [0.25, 0.3) is 5.91 Å². The third-order valence-corrected chi connectivity index (χ3v) is 4.27. The molecule has 12 heteroatoms. The molecule has 0 bridgehead atoms. The first-order valence-corrected chi connectivity index (χ1v) is 9.91. The van der Waals surface area contributed by atoms with Gasteiger partial charge in [0, 0.05) is 43.4 Å². The molecule has 178 valence electrons. The lowest BCUT2D eigenvalue weighted by molar-refractivity contribution is -0.154. The summed E-state index contributed by atoms with van der Waals surface area (Å²) in [6.45, 7) is -0.341. The Balaban J connectivity index is 2.17. The number of anilines is 1. The second kappa shape index (κ2) is 13.0. The first kappa shape index (κ1) is 25.6. The summed E-state index contributed by atoms with van der Waals surface area (Å²) in [6.07, 6.45) is 5.25. The van der Waals surface area contributed by atoms with Gasteiger partial charge in [-0.25, -0.2) is 4.98 Å². The van der Waals surface area contributed by atoms with Gasteiger partial charge < -0.3 is 30.8 Å². The van der Waals surface area contributed by atoms with E-state index in [4.69, 9.17) is 10.1 Å². The van der Waals surface area contributed by atoms with Gasteiger partial charge in [0.15, 0.2) is 6.61 Å². The summed E-state index contributed by atoms with van der Waals surface area (Å²) in [5.74, 6) is -0.807. The van der Waals surface area contributed by atoms with Crippen LogP contribution in [0.15, 0.2) is 54.0 Å². The average Bonchev–Trinajstić information content (AvgIpc) is 2.78. The Labute approximate surface area is 188 Å². The van der Waals surface area contributed by atoms with Gasteiger partial charge in [-0.2, -0.15) is 13.2 Å². The molecule has 0 saturated carbocycles. The number of nitrogens with zero attached hydrogens (tertiary/aromatic N) is 1. The number of carbonyl (C=O) groups is 2. The molecule has 0 aromatic carbocycles. The quantitative estimate of drug-likeness (QED) is 0.171. The monoisotopic (exact) mass is 467 g/mol. The Hall–Kier alpha value is -3.67. The van der Waals surface area contributed by atoms with Gasteiger partial charge in [0.2, 0.25) is 12.3 Å². The van der Waals surface area contributed by atoms with Crippen molar-refractivity contribution in [1.82, 2.24) is 15.6 Å². The van der Waals surface area contributed by atoms with Crippen LogP contribution in [0.3, 0.4) is 0 Å². The summed E-state index contributed by atoms with van der Waals surface area (Å²) >= 11 is 0. The number of amides is 2. The van der Waals surface area contributed by atoms with E-state index in [0.29, 0.717) is 25.3 Å². The first-order chi connectivity index (χ1) is 15.8. The number of carbonyl (C=O) groups excluding carboxylic acids is 2. The molecule has 1 saturated heterocycles. The molecule has 1 aliphatic rings. The molecule has 1 aliphatic heterocycles. The molecule has 0 radical (unpaired) electrons. The lowest BCUT2D eigenvalue weighted by atomic mass is 10.1. The van der Waals surface area contributed by atoms with Gasteiger partial charge in [-0.15, -0.1) is 0 Å². The number of pyridine rings is 1. The number of nitrogens with one attached hydrogen (secondary N) is 4. The lowest BCUT2D eigenvalue weighted by Gasteiger charge is -2.26. The van der Waals surface area contributed by atoms with Crippen molar-refractivity contribution in [2.24, 2.45) is 0 Å². The highest BCUT2D eigenvalue weighted by atomic mass is 19.4. The van der Waals surface area contributed by atoms with Gasteiger partial charge in [-0.05, 0) is 37.1 Å². The predicted molar refractivity (Wildman–Crippen MR) is 115 cm³/mol. The molecule has 4 N–H and O–H groups in total. The Morgan fingerprint density at radius 1 is 1.27 bits per heavy atom. The standard InChI is InChI=1S/C21H24F3N5O4/c22-21(23,24)13-33-19-4-3-16(12-27-19)29-20(31)17(2-1-9-26-14-30)18(5-8-25)28-15-6-10-32-11-7-15/h1-5,8-9,12,14-15,25,28H,6-7,10-11,13H2,(H,26,30)(H,29,31)/b9-1-,17-2+,18-5-,25-8?. The van der Waals surface area contributed by atoms with E-state index in [1.54, 1.807) is 0 Å². The molecule has 1 aromatic rings. The summed E-state index contributed by atoms with van der Waals surface area (Å²) in [4.78, 5) is 27.2. The zero-order chi connectivity index (χ0) is 24.1. The van der Waals surface area contributed by atoms with Crippen LogP contribution in [0, 0.1) is 5.41 Å². The molecular formula is C21H24F3N5O4. The molecule has 2 heterocycles. The Kier molecular flexibility index (Phi) is 10.1. The highest BCUT2D eigenvalue weighted by Crippen LogP contribution is 2.19. The minimum Gasteiger partial charge on any atom is -0.468 e. The predicted octanol–water partition coefficient (Wildman–Crippen LogP) is 2.45. The molecule has 1 fully saturated rings. The molecule has 0 unspecified atom stereocenters. The molecule has 2 amide bonds. The Bertz CT molecular complexity index is 892. The molecule has 0 aliphatic carbocycles. The highest BCUT2D eigenvalue weighted by molar-refractivity contribution is 6.07. The lowest BCUT2D eigenvalue weighted by Crippen LogP contribution is -2.36. The molecular weight excluding hydrogens is 443 g/mol. The summed E-state index contributed by atoms with van der Waals surface area (Å²) in [6, 6.07) is 2.59. The average molecular weight is 467 g/mol. The van der Waals surface area contributed by atoms with E-state index in [2.05, 4.69) is 25.7 Å². The van der Waals surface area contributed by atoms with Crippen LogP contribution in [-0.2, 0) is 14.3 Å². The van der Waals surface area contributed by atoms with Crippen LogP contribution in [0.2, 0.25) is 0 Å². The fourth-order valence-corrected chi connectivity index (χ4v) is 2.78. The van der Waals surface area contributed by atoms with Gasteiger partial charge in [0.1, 0.15) is 0 Å². The van der Waals surface area contributed by atoms with Crippen molar-refractivity contribution in [2.75, 3.05) is 25.1 Å². The third kappa shape index (κ3) is 9.56. The molecule has 0 atom stereocenters. The van der Waals surface area contributed by atoms with Crippen molar-refractivity contribution in [1.29, 1.82) is 5.41 Å². The third-order valence-electron chi connectivity index (χ3n) is 4.27. The first-order valence-electron chi connectivity index (χ1n) is 9.91. The zero-order valence-electron chi connectivity index (χ0n) is 17.5. The molecule has 9 nitrogen and oxygen atoms in total. The number of aromatic nitrogens is 1. The van der Waals surface area contributed by atoms with Crippen LogP contribution >= 0.6 is 0 Å². The highest BCUT2D eigenvalue weighted by Gasteiger charge is 2.28. The van der Waals surface area contributed by atoms with Crippen molar-refractivity contribution >= 4 is 24.2 Å². The number of rotatable bonds is 11. The van der Waals surface area contributed by atoms with Crippen molar-refractivity contribution in [3.63, 3.8) is 0 Å². The van der Waals surface area contributed by atoms with E-state index >= 15 is 0 Å². The summed E-state index contributed by atoms with van der Waals surface area (Å²) in [5, 5.41) is 15.6. The maximum Gasteiger partial charge on any atom is 0.422 e. The SMILES string of the molecule is N=C/C=C(NC1CCOCC1)/C(=C\C=C/NC=O)C(=O)Nc1ccc(OCC(F)(F)F)nc1. The second-order valence-corrected chi connectivity index (χ2v) is 6.75. The van der Waals surface area contributed by atoms with Crippen LogP contribution in [0.5, 0.6) is 5.88 Å². The molecule has 0 spiro atoms. The second-order valence-electron chi connectivity index (χ2n) is 6.75. The van der Waals surface area contributed by atoms with E-state index in [9.17, 15) is 22.8 Å². The number of alkyl halides is 3. The fraction of sp³-hybridized carbons (Fsp3) is 0.333. The van der Waals surface area contributed by atoms with Crippen molar-refractivity contribution in [3.8, 4) is 5.88 Å². The maximum absolute atomic E-state index is 13.0. The van der Waals surface area contributed by atoms with Crippen LogP contribution in [0.25, 0.3) is 0 Å². The van der Waals surface area contributed by atoms with Crippen LogP contribution in [0.1, 0.15) is 12.8 Å². The number of hydrogen-bond donors (Lipinski definition) is 4. The molecule has 2 rings (SSSR count). The van der Waals surface area contributed by atoms with Crippen molar-refractivity contribution in [3.05, 3.63) is 54.0 Å². The van der Waals surface area contributed by atoms with Crippen LogP contribution in [-0.4, -0.2) is 55.6 Å². The summed E-state index contributed by atoms with van der Waals surface area (Å²) in [5.41, 5.74) is 0.759. The number of allylic oxidation sites excluding steroid dienone is 3. The minimum atomic E-state index is -4.49. The van der Waals surface area contributed by atoms with E-state index in [0.717, 1.165) is 25.3 Å². The van der Waals surface area contributed by atoms with Crippen LogP contribution < -0.4 is 20.7 Å². The Morgan fingerprint density at radius 2 is 2.03 bits per heavy atom. The van der Waals surface area contributed by atoms with E-state index in [-0.39, 0.29) is 23.2 Å². The number of halogens is 3. The van der Waals surface area contributed by atoms with Gasteiger partial charge in [-0.3, -0.25) is 9.59 Å². The van der Waals surface area contributed by atoms with Gasteiger partial charge in [0.05, 0.1) is 17.5 Å². The maximum atomic E-state index is 13.0. The topological polar surface area (TPSA) is 125 Å². The smallest absolute Gasteiger partial charge is 0.422 e. The van der Waals surface area contributed by atoms with Crippen LogP contribution in [0.4, 0.5) is 18.9 Å². The Morgan fingerprint density at radius 3 is 2.64 bits per heavy atom. The number of hydrogen-bond acceptors (Lipinski definition) is 7. The van der Waals surface area contributed by atoms with E-state index < -0.39 is 18.7 Å². The number of ether oxygens (including phenoxy) is 2. The van der Waals surface area contributed by atoms with Crippen molar-refractivity contribution < 1.29 is 32.2 Å². The minimum absolute atomic E-state index is 0.0324. The molecule has 33 heavy (non-hydrogen) atoms. The van der Waals surface area contributed by atoms with Gasteiger partial charge in [-0.1, -0.05) is 0 Å². The van der Waals surface area contributed by atoms with E-state index in [1.165, 1.54) is 36.6 Å². The van der Waals surface area contributed by atoms with Gasteiger partial charge >= 0.3 is 6.18 Å². The normalized spacial score (nSPS) is 15.7. The summed E-state index contributed by atoms with van der Waals surface area (Å²) in [7, 11) is 0. The van der Waals surface area contributed by atoms with E-state index in [1.807, 2.05) is 0 Å². The molecule has 1 aromatic heterocycles. The summed E-state index contributed by atoms with van der Waals surface area (Å²) < 4.78 is 46.7.